The van der Waals surface area contributed by atoms with Crippen molar-refractivity contribution in [2.75, 3.05) is 6.61 Å². The minimum Gasteiger partial charge on any atom is -0.490 e. The Morgan fingerprint density at radius 2 is 1.80 bits per heavy atom. The first-order valence-corrected chi connectivity index (χ1v) is 11.5. The van der Waals surface area contributed by atoms with Gasteiger partial charge in [-0.25, -0.2) is 10.2 Å². The third-order valence-electron chi connectivity index (χ3n) is 4.98. The zero-order valence-corrected chi connectivity index (χ0v) is 20.2. The van der Waals surface area contributed by atoms with Gasteiger partial charge in [0.15, 0.2) is 17.3 Å². The van der Waals surface area contributed by atoms with Gasteiger partial charge < -0.3 is 19.0 Å². The molecule has 2 N–H and O–H groups in total. The number of aromatic carboxylic acids is 1. The van der Waals surface area contributed by atoms with Crippen molar-refractivity contribution in [2.45, 2.75) is 13.5 Å². The molecule has 0 unspecified atom stereocenters. The maximum absolute atomic E-state index is 12.4. The van der Waals surface area contributed by atoms with Gasteiger partial charge in [0.25, 0.3) is 0 Å². The maximum Gasteiger partial charge on any atom is 0.335 e. The molecule has 0 fully saturated rings. The van der Waals surface area contributed by atoms with Gasteiger partial charge in [-0.3, -0.25) is 4.79 Å². The molecule has 0 spiro atoms. The number of furan rings is 1. The number of carboxylic acid groups (broad SMARTS) is 1. The van der Waals surface area contributed by atoms with E-state index in [-0.39, 0.29) is 17.9 Å². The van der Waals surface area contributed by atoms with Crippen LogP contribution in [0.1, 0.15) is 39.0 Å². The summed E-state index contributed by atoms with van der Waals surface area (Å²) in [5, 5.41) is 13.9. The standard InChI is InChI=1S/C26H21BrN2O6/c1-2-33-22-12-19(14-28-29-25(30)24-11-18-5-3-4-6-21(18)35-24)20(27)13-23(22)34-15-16-7-9-17(10-8-16)26(31)32/h3-14H,2,15H2,1H3,(H,29,30)(H,31,32)/b28-14+. The molecular weight excluding hydrogens is 516 g/mol. The predicted octanol–water partition coefficient (Wildman–Crippen LogP) is 5.64. The van der Waals surface area contributed by atoms with Crippen LogP contribution < -0.4 is 14.9 Å². The Balaban J connectivity index is 1.45. The highest BCUT2D eigenvalue weighted by Gasteiger charge is 2.13. The molecule has 4 aromatic rings. The number of rotatable bonds is 9. The predicted molar refractivity (Wildman–Crippen MR) is 134 cm³/mol. The number of nitrogens with one attached hydrogen (secondary N) is 1. The number of ether oxygens (including phenoxy) is 2. The summed E-state index contributed by atoms with van der Waals surface area (Å²) in [4.78, 5) is 23.4. The molecule has 0 aliphatic rings. The van der Waals surface area contributed by atoms with Crippen molar-refractivity contribution >= 4 is 45.0 Å². The SMILES string of the molecule is CCOc1cc(/C=N/NC(=O)c2cc3ccccc3o2)c(Br)cc1OCc1ccc(C(=O)O)cc1. The topological polar surface area (TPSA) is 110 Å². The van der Waals surface area contributed by atoms with Crippen molar-refractivity contribution in [3.8, 4) is 11.5 Å². The van der Waals surface area contributed by atoms with Crippen molar-refractivity contribution in [1.82, 2.24) is 5.43 Å². The summed E-state index contributed by atoms with van der Waals surface area (Å²) < 4.78 is 17.9. The van der Waals surface area contributed by atoms with E-state index < -0.39 is 11.9 Å². The highest BCUT2D eigenvalue weighted by atomic mass is 79.9. The summed E-state index contributed by atoms with van der Waals surface area (Å²) >= 11 is 3.50. The average Bonchev–Trinajstić information content (AvgIpc) is 3.29. The van der Waals surface area contributed by atoms with Crippen molar-refractivity contribution in [3.05, 3.63) is 93.7 Å². The van der Waals surface area contributed by atoms with E-state index in [9.17, 15) is 9.59 Å². The van der Waals surface area contributed by atoms with Gasteiger partial charge >= 0.3 is 11.9 Å². The fourth-order valence-corrected chi connectivity index (χ4v) is 3.67. The van der Waals surface area contributed by atoms with E-state index in [2.05, 4.69) is 26.5 Å². The molecule has 35 heavy (non-hydrogen) atoms. The fourth-order valence-electron chi connectivity index (χ4n) is 3.24. The van der Waals surface area contributed by atoms with Crippen molar-refractivity contribution in [1.29, 1.82) is 0 Å². The van der Waals surface area contributed by atoms with Gasteiger partial charge in [0.05, 0.1) is 18.4 Å². The Hall–Kier alpha value is -4.11. The maximum atomic E-state index is 12.4. The molecule has 1 heterocycles. The largest absolute Gasteiger partial charge is 0.490 e. The molecule has 0 aliphatic heterocycles. The van der Waals surface area contributed by atoms with E-state index in [1.807, 2.05) is 25.1 Å². The lowest BCUT2D eigenvalue weighted by molar-refractivity contribution is 0.0696. The minimum absolute atomic E-state index is 0.164. The second-order valence-corrected chi connectivity index (χ2v) is 8.25. The second kappa shape index (κ2) is 10.9. The van der Waals surface area contributed by atoms with Crippen LogP contribution >= 0.6 is 15.9 Å². The molecule has 0 bridgehead atoms. The monoisotopic (exact) mass is 536 g/mol. The smallest absolute Gasteiger partial charge is 0.335 e. The summed E-state index contributed by atoms with van der Waals surface area (Å²) in [5.74, 6) is -0.275. The molecule has 0 atom stereocenters. The summed E-state index contributed by atoms with van der Waals surface area (Å²) in [6.45, 7) is 2.51. The third-order valence-corrected chi connectivity index (χ3v) is 5.66. The van der Waals surface area contributed by atoms with Gasteiger partial charge in [-0.1, -0.05) is 30.3 Å². The number of carbonyl (C=O) groups is 2. The molecule has 178 valence electrons. The molecular formula is C26H21BrN2O6. The Bertz CT molecular complexity index is 1360. The zero-order chi connectivity index (χ0) is 24.8. The third kappa shape index (κ3) is 5.88. The van der Waals surface area contributed by atoms with Crippen LogP contribution in [0.2, 0.25) is 0 Å². The number of para-hydroxylation sites is 1. The van der Waals surface area contributed by atoms with Gasteiger partial charge in [-0.2, -0.15) is 5.10 Å². The number of fused-ring (bicyclic) bond motifs is 1. The lowest BCUT2D eigenvalue weighted by Crippen LogP contribution is -2.16. The number of hydrazone groups is 1. The van der Waals surface area contributed by atoms with Crippen molar-refractivity contribution in [2.24, 2.45) is 5.10 Å². The number of hydrogen-bond donors (Lipinski definition) is 2. The van der Waals surface area contributed by atoms with Crippen LogP contribution in [0, 0.1) is 0 Å². The van der Waals surface area contributed by atoms with E-state index in [1.54, 1.807) is 36.4 Å². The first-order chi connectivity index (χ1) is 16.9. The van der Waals surface area contributed by atoms with Gasteiger partial charge in [0.1, 0.15) is 12.2 Å². The molecule has 1 aromatic heterocycles. The number of benzene rings is 3. The van der Waals surface area contributed by atoms with Crippen LogP contribution in [-0.4, -0.2) is 29.8 Å². The number of nitrogens with zero attached hydrogens (tertiary/aromatic N) is 1. The second-order valence-electron chi connectivity index (χ2n) is 7.39. The number of hydrogen-bond acceptors (Lipinski definition) is 6. The molecule has 0 radical (unpaired) electrons. The minimum atomic E-state index is -0.980. The van der Waals surface area contributed by atoms with E-state index in [0.29, 0.717) is 33.7 Å². The molecule has 9 heteroatoms. The molecule has 0 aliphatic carbocycles. The van der Waals surface area contributed by atoms with Crippen LogP contribution in [-0.2, 0) is 6.61 Å². The summed E-state index contributed by atoms with van der Waals surface area (Å²) in [7, 11) is 0. The van der Waals surface area contributed by atoms with Crippen LogP contribution in [0.4, 0.5) is 0 Å². The van der Waals surface area contributed by atoms with E-state index >= 15 is 0 Å². The first kappa shape index (κ1) is 24.0. The summed E-state index contributed by atoms with van der Waals surface area (Å²) in [6, 6.07) is 19.0. The Labute approximate surface area is 209 Å². The van der Waals surface area contributed by atoms with Crippen molar-refractivity contribution < 1.29 is 28.6 Å². The van der Waals surface area contributed by atoms with Crippen LogP contribution in [0.25, 0.3) is 11.0 Å². The lowest BCUT2D eigenvalue weighted by atomic mass is 10.1. The zero-order valence-electron chi connectivity index (χ0n) is 18.7. The number of carboxylic acids is 1. The summed E-state index contributed by atoms with van der Waals surface area (Å²) in [5.41, 5.74) is 4.77. The highest BCUT2D eigenvalue weighted by Crippen LogP contribution is 2.34. The van der Waals surface area contributed by atoms with Crippen LogP contribution in [0.5, 0.6) is 11.5 Å². The lowest BCUT2D eigenvalue weighted by Gasteiger charge is -2.14. The summed E-state index contributed by atoms with van der Waals surface area (Å²) in [6.07, 6.45) is 1.49. The number of amides is 1. The highest BCUT2D eigenvalue weighted by molar-refractivity contribution is 9.10. The first-order valence-electron chi connectivity index (χ1n) is 10.7. The Kier molecular flexibility index (Phi) is 7.47. The van der Waals surface area contributed by atoms with Crippen molar-refractivity contribution in [3.63, 3.8) is 0 Å². The van der Waals surface area contributed by atoms with Gasteiger partial charge in [-0.05, 0) is 64.8 Å². The molecule has 4 rings (SSSR count). The van der Waals surface area contributed by atoms with E-state index in [1.165, 1.54) is 18.3 Å². The van der Waals surface area contributed by atoms with Crippen LogP contribution in [0.15, 0.2) is 80.7 Å². The number of carbonyl (C=O) groups excluding carboxylic acids is 1. The molecule has 0 saturated heterocycles. The normalized spacial score (nSPS) is 11.0. The fraction of sp³-hybridized carbons (Fsp3) is 0.115. The van der Waals surface area contributed by atoms with Gasteiger partial charge in [0, 0.05) is 15.4 Å². The van der Waals surface area contributed by atoms with Gasteiger partial charge in [-0.15, -0.1) is 0 Å². The van der Waals surface area contributed by atoms with E-state index in [4.69, 9.17) is 19.0 Å². The van der Waals surface area contributed by atoms with Gasteiger partial charge in [0.2, 0.25) is 0 Å². The molecule has 0 saturated carbocycles. The Morgan fingerprint density at radius 3 is 2.51 bits per heavy atom. The Morgan fingerprint density at radius 1 is 1.06 bits per heavy atom. The molecule has 3 aromatic carbocycles. The molecule has 1 amide bonds. The number of halogens is 1. The average molecular weight is 537 g/mol. The van der Waals surface area contributed by atoms with Crippen LogP contribution in [0.3, 0.4) is 0 Å². The quantitative estimate of drug-likeness (QED) is 0.211. The molecule has 8 nitrogen and oxygen atoms in total. The van der Waals surface area contributed by atoms with E-state index in [0.717, 1.165) is 10.9 Å².